The Balaban J connectivity index is 1.51. The molecule has 0 aliphatic carbocycles. The molecule has 1 unspecified atom stereocenters. The highest BCUT2D eigenvalue weighted by atomic mass is 32.2. The van der Waals surface area contributed by atoms with Gasteiger partial charge in [0.05, 0.1) is 12.4 Å². The zero-order chi connectivity index (χ0) is 22.2. The van der Waals surface area contributed by atoms with Crippen LogP contribution in [-0.2, 0) is 16.1 Å². The van der Waals surface area contributed by atoms with E-state index in [1.807, 2.05) is 49.4 Å². The van der Waals surface area contributed by atoms with Crippen LogP contribution in [0.4, 0.5) is 16.5 Å². The molecule has 162 valence electrons. The lowest BCUT2D eigenvalue weighted by Gasteiger charge is -2.10. The van der Waals surface area contributed by atoms with Crippen LogP contribution in [0.2, 0.25) is 0 Å². The quantitative estimate of drug-likeness (QED) is 0.416. The first-order valence-corrected chi connectivity index (χ1v) is 11.2. The van der Waals surface area contributed by atoms with E-state index in [-0.39, 0.29) is 17.1 Å². The Bertz CT molecular complexity index is 1040. The number of nitrogens with one attached hydrogen (secondary N) is 3. The lowest BCUT2D eigenvalue weighted by Crippen LogP contribution is -2.30. The summed E-state index contributed by atoms with van der Waals surface area (Å²) >= 11 is 2.71. The summed E-state index contributed by atoms with van der Waals surface area (Å²) in [7, 11) is 1.62. The van der Waals surface area contributed by atoms with Crippen LogP contribution in [-0.4, -0.2) is 34.4 Å². The maximum atomic E-state index is 12.4. The molecule has 0 saturated heterocycles. The number of benzene rings is 2. The predicted octanol–water partition coefficient (Wildman–Crippen LogP) is 4.05. The first-order valence-electron chi connectivity index (χ1n) is 9.48. The van der Waals surface area contributed by atoms with Crippen molar-refractivity contribution < 1.29 is 14.3 Å². The van der Waals surface area contributed by atoms with Gasteiger partial charge in [-0.25, -0.2) is 0 Å². The second-order valence-electron chi connectivity index (χ2n) is 6.59. The molecule has 3 N–H and O–H groups in total. The van der Waals surface area contributed by atoms with Crippen LogP contribution in [0, 0.1) is 0 Å². The highest BCUT2D eigenvalue weighted by Crippen LogP contribution is 2.31. The van der Waals surface area contributed by atoms with Crippen LogP contribution in [0.25, 0.3) is 0 Å². The third-order valence-corrected chi connectivity index (χ3v) is 6.14. The van der Waals surface area contributed by atoms with Crippen LogP contribution in [0.5, 0.6) is 5.75 Å². The number of methoxy groups -OCH3 is 1. The van der Waals surface area contributed by atoms with Gasteiger partial charge in [-0.05, 0) is 42.8 Å². The zero-order valence-electron chi connectivity index (χ0n) is 17.3. The molecule has 1 aromatic heterocycles. The summed E-state index contributed by atoms with van der Waals surface area (Å²) in [6.45, 7) is 3.74. The van der Waals surface area contributed by atoms with E-state index in [2.05, 4.69) is 26.1 Å². The summed E-state index contributed by atoms with van der Waals surface area (Å²) in [5.41, 5.74) is 2.47. The van der Waals surface area contributed by atoms with Crippen molar-refractivity contribution in [2.45, 2.75) is 30.0 Å². The number of nitrogens with zero attached hydrogens (tertiary/aromatic N) is 2. The molecule has 3 rings (SSSR count). The summed E-state index contributed by atoms with van der Waals surface area (Å²) in [6, 6.07) is 14.9. The Morgan fingerprint density at radius 3 is 2.58 bits per heavy atom. The van der Waals surface area contributed by atoms with Crippen molar-refractivity contribution in [1.82, 2.24) is 15.5 Å². The fraction of sp³-hybridized carbons (Fsp3) is 0.238. The molecule has 3 aromatic rings. The van der Waals surface area contributed by atoms with Crippen molar-refractivity contribution in [3.63, 3.8) is 0 Å². The molecule has 0 radical (unpaired) electrons. The molecule has 1 atom stereocenters. The normalized spacial score (nSPS) is 11.5. The smallest absolute Gasteiger partial charge is 0.233 e. The van der Waals surface area contributed by atoms with Gasteiger partial charge >= 0.3 is 0 Å². The summed E-state index contributed by atoms with van der Waals surface area (Å²) in [5, 5.41) is 17.4. The van der Waals surface area contributed by atoms with Crippen molar-refractivity contribution in [2.75, 3.05) is 17.7 Å². The van der Waals surface area contributed by atoms with Gasteiger partial charge in [0.2, 0.25) is 16.9 Å². The van der Waals surface area contributed by atoms with Gasteiger partial charge in [0.1, 0.15) is 5.75 Å². The number of carbonyl (C=O) groups is 2. The molecule has 0 aliphatic rings. The van der Waals surface area contributed by atoms with Gasteiger partial charge in [0, 0.05) is 24.8 Å². The van der Waals surface area contributed by atoms with E-state index >= 15 is 0 Å². The maximum Gasteiger partial charge on any atom is 0.233 e. The largest absolute Gasteiger partial charge is 0.497 e. The van der Waals surface area contributed by atoms with E-state index < -0.39 is 0 Å². The lowest BCUT2D eigenvalue weighted by molar-refractivity contribution is -0.120. The molecule has 0 aliphatic heterocycles. The number of aromatic nitrogens is 2. The highest BCUT2D eigenvalue weighted by Gasteiger charge is 2.17. The first-order chi connectivity index (χ1) is 14.9. The fourth-order valence-electron chi connectivity index (χ4n) is 2.59. The van der Waals surface area contributed by atoms with Crippen molar-refractivity contribution in [3.8, 4) is 5.75 Å². The van der Waals surface area contributed by atoms with Crippen LogP contribution in [0.3, 0.4) is 0 Å². The van der Waals surface area contributed by atoms with Gasteiger partial charge < -0.3 is 20.7 Å². The van der Waals surface area contributed by atoms with Crippen molar-refractivity contribution in [2.24, 2.45) is 0 Å². The summed E-state index contributed by atoms with van der Waals surface area (Å²) in [4.78, 5) is 23.6. The summed E-state index contributed by atoms with van der Waals surface area (Å²) < 4.78 is 5.82. The van der Waals surface area contributed by atoms with Gasteiger partial charge in [-0.2, -0.15) is 0 Å². The van der Waals surface area contributed by atoms with E-state index in [1.54, 1.807) is 13.2 Å². The van der Waals surface area contributed by atoms with Crippen LogP contribution >= 0.6 is 23.1 Å². The van der Waals surface area contributed by atoms with E-state index in [0.717, 1.165) is 17.0 Å². The zero-order valence-corrected chi connectivity index (χ0v) is 19.0. The van der Waals surface area contributed by atoms with Crippen LogP contribution in [0.15, 0.2) is 52.9 Å². The standard InChI is InChI=1S/C21H23N5O3S2/c1-13(19(28)22-12-15-7-9-18(29-3)10-8-15)30-21-26-25-20(31-21)24-17-6-4-5-16(11-17)23-14(2)27/h4-11,13H,12H2,1-3H3,(H,22,28)(H,23,27)(H,24,25). The van der Waals surface area contributed by atoms with Gasteiger partial charge in [-0.1, -0.05) is 41.3 Å². The molecule has 2 amide bonds. The Morgan fingerprint density at radius 1 is 1.13 bits per heavy atom. The number of thioether (sulfide) groups is 1. The fourth-order valence-corrected chi connectivity index (χ4v) is 4.53. The SMILES string of the molecule is COc1ccc(CNC(=O)C(C)Sc2nnc(Nc3cccc(NC(C)=O)c3)s2)cc1. The molecule has 8 nitrogen and oxygen atoms in total. The third kappa shape index (κ3) is 6.97. The first kappa shape index (κ1) is 22.6. The molecule has 0 saturated carbocycles. The van der Waals surface area contributed by atoms with E-state index in [0.29, 0.717) is 21.7 Å². The van der Waals surface area contributed by atoms with Gasteiger partial charge in [0.25, 0.3) is 0 Å². The summed E-state index contributed by atoms with van der Waals surface area (Å²) in [5.74, 6) is 0.570. The molecule has 2 aromatic carbocycles. The second-order valence-corrected chi connectivity index (χ2v) is 9.15. The Labute approximate surface area is 188 Å². The van der Waals surface area contributed by atoms with Gasteiger partial charge in [0.15, 0.2) is 4.34 Å². The molecule has 10 heteroatoms. The van der Waals surface area contributed by atoms with Gasteiger partial charge in [-0.15, -0.1) is 10.2 Å². The Morgan fingerprint density at radius 2 is 1.87 bits per heavy atom. The third-order valence-electron chi connectivity index (χ3n) is 4.11. The van der Waals surface area contributed by atoms with E-state index in [9.17, 15) is 9.59 Å². The number of carbonyl (C=O) groups excluding carboxylic acids is 2. The minimum absolute atomic E-state index is 0.0754. The van der Waals surface area contributed by atoms with E-state index in [1.165, 1.54) is 30.0 Å². The molecule has 1 heterocycles. The second kappa shape index (κ2) is 10.8. The Kier molecular flexibility index (Phi) is 7.85. The van der Waals surface area contributed by atoms with E-state index in [4.69, 9.17) is 4.74 Å². The molecular formula is C21H23N5O3S2. The molecular weight excluding hydrogens is 434 g/mol. The maximum absolute atomic E-state index is 12.4. The number of hydrogen-bond donors (Lipinski definition) is 3. The topological polar surface area (TPSA) is 105 Å². The number of hydrogen-bond acceptors (Lipinski definition) is 8. The highest BCUT2D eigenvalue weighted by molar-refractivity contribution is 8.02. The molecule has 0 spiro atoms. The molecule has 0 fully saturated rings. The average molecular weight is 458 g/mol. The van der Waals surface area contributed by atoms with Crippen molar-refractivity contribution in [3.05, 3.63) is 54.1 Å². The minimum atomic E-state index is -0.317. The Hall–Kier alpha value is -3.11. The molecule has 31 heavy (non-hydrogen) atoms. The van der Waals surface area contributed by atoms with Crippen LogP contribution < -0.4 is 20.7 Å². The number of ether oxygens (including phenoxy) is 1. The van der Waals surface area contributed by atoms with Gasteiger partial charge in [-0.3, -0.25) is 9.59 Å². The average Bonchev–Trinajstić information content (AvgIpc) is 3.18. The van der Waals surface area contributed by atoms with Crippen molar-refractivity contribution in [1.29, 1.82) is 0 Å². The number of amides is 2. The monoisotopic (exact) mass is 457 g/mol. The number of anilines is 3. The number of rotatable bonds is 9. The minimum Gasteiger partial charge on any atom is -0.497 e. The van der Waals surface area contributed by atoms with Crippen LogP contribution in [0.1, 0.15) is 19.4 Å². The summed E-state index contributed by atoms with van der Waals surface area (Å²) in [6.07, 6.45) is 0. The van der Waals surface area contributed by atoms with Crippen molar-refractivity contribution >= 4 is 51.4 Å². The lowest BCUT2D eigenvalue weighted by atomic mass is 10.2. The predicted molar refractivity (Wildman–Crippen MR) is 124 cm³/mol. The molecule has 0 bridgehead atoms.